The highest BCUT2D eigenvalue weighted by molar-refractivity contribution is 9.10. The number of nitrogens with one attached hydrogen (secondary N) is 1. The number of halogens is 5. The van der Waals surface area contributed by atoms with Crippen LogP contribution in [0.3, 0.4) is 0 Å². The van der Waals surface area contributed by atoms with E-state index in [1.807, 2.05) is 0 Å². The second kappa shape index (κ2) is 8.89. The van der Waals surface area contributed by atoms with Crippen LogP contribution in [0.25, 0.3) is 0 Å². The highest BCUT2D eigenvalue weighted by atomic mass is 79.9. The van der Waals surface area contributed by atoms with Crippen molar-refractivity contribution in [1.29, 1.82) is 0 Å². The summed E-state index contributed by atoms with van der Waals surface area (Å²) in [5.41, 5.74) is -2.77. The molecule has 3 aromatic rings. The minimum atomic E-state index is -4.59. The molecule has 0 bridgehead atoms. The third-order valence-electron chi connectivity index (χ3n) is 4.82. The zero-order chi connectivity index (χ0) is 23.7. The van der Waals surface area contributed by atoms with Crippen molar-refractivity contribution in [3.05, 3.63) is 86.3 Å². The first-order chi connectivity index (χ1) is 14.9. The van der Waals surface area contributed by atoms with Gasteiger partial charge in [0.1, 0.15) is 12.4 Å². The van der Waals surface area contributed by atoms with Crippen LogP contribution in [0, 0.1) is 5.82 Å². The van der Waals surface area contributed by atoms with Crippen LogP contribution in [-0.2, 0) is 29.6 Å². The molecular formula is C21H19BrF4N4O2. The molecule has 0 radical (unpaired) electrons. The molecule has 170 valence electrons. The fourth-order valence-corrected chi connectivity index (χ4v) is 3.78. The Hall–Kier alpha value is -2.95. The van der Waals surface area contributed by atoms with Crippen LogP contribution in [0.2, 0.25) is 0 Å². The molecule has 0 aliphatic carbocycles. The van der Waals surface area contributed by atoms with Crippen LogP contribution in [0.4, 0.5) is 17.6 Å². The van der Waals surface area contributed by atoms with Gasteiger partial charge in [-0.1, -0.05) is 36.4 Å². The maximum absolute atomic E-state index is 13.9. The summed E-state index contributed by atoms with van der Waals surface area (Å²) in [5, 5.41) is 6.48. The molecule has 1 N–H and O–H groups in total. The van der Waals surface area contributed by atoms with Crippen molar-refractivity contribution in [2.75, 3.05) is 0 Å². The van der Waals surface area contributed by atoms with Crippen molar-refractivity contribution >= 4 is 21.8 Å². The van der Waals surface area contributed by atoms with Crippen molar-refractivity contribution in [2.24, 2.45) is 0 Å². The molecule has 11 heteroatoms. The number of nitrogens with zero attached hydrogens (tertiary/aromatic N) is 3. The monoisotopic (exact) mass is 514 g/mol. The van der Waals surface area contributed by atoms with Gasteiger partial charge in [0.05, 0.1) is 17.6 Å². The quantitative estimate of drug-likeness (QED) is 0.504. The van der Waals surface area contributed by atoms with E-state index in [9.17, 15) is 27.2 Å². The Bertz CT molecular complexity index is 1200. The van der Waals surface area contributed by atoms with Crippen LogP contribution < -0.4 is 11.0 Å². The lowest BCUT2D eigenvalue weighted by molar-refractivity contribution is -0.139. The molecule has 0 aliphatic rings. The number of hydrogen-bond acceptors (Lipinski definition) is 3. The van der Waals surface area contributed by atoms with Crippen molar-refractivity contribution in [1.82, 2.24) is 19.7 Å². The number of hydrogen-bond donors (Lipinski definition) is 1. The largest absolute Gasteiger partial charge is 0.416 e. The second-order valence-electron chi connectivity index (χ2n) is 7.60. The molecule has 1 amide bonds. The van der Waals surface area contributed by atoms with E-state index in [2.05, 4.69) is 26.3 Å². The maximum Gasteiger partial charge on any atom is 0.416 e. The standard InChI is InChI=1S/C21H19BrF4N4O2/c1-20(2,14-8-4-5-9-15(14)21(24,25)26)27-17(31)12-30-19(32)29(18(22)28-30)11-13-7-3-6-10-16(13)23/h3-10H,11-12H2,1-2H3,(H,27,31). The summed E-state index contributed by atoms with van der Waals surface area (Å²) in [4.78, 5) is 25.2. The Balaban J connectivity index is 1.80. The van der Waals surface area contributed by atoms with E-state index in [-0.39, 0.29) is 22.4 Å². The molecule has 0 saturated heterocycles. The molecule has 3 rings (SSSR count). The van der Waals surface area contributed by atoms with Crippen LogP contribution in [0.5, 0.6) is 0 Å². The average Bonchev–Trinajstić information content (AvgIpc) is 2.95. The van der Waals surface area contributed by atoms with Gasteiger partial charge in [-0.05, 0) is 47.5 Å². The summed E-state index contributed by atoms with van der Waals surface area (Å²) in [7, 11) is 0. The second-order valence-corrected chi connectivity index (χ2v) is 8.31. The minimum absolute atomic E-state index is 0.0835. The van der Waals surface area contributed by atoms with Gasteiger partial charge in [-0.25, -0.2) is 13.9 Å². The summed E-state index contributed by atoms with van der Waals surface area (Å²) >= 11 is 3.12. The number of carbonyl (C=O) groups excluding carboxylic acids is 1. The Morgan fingerprint density at radius 3 is 2.28 bits per heavy atom. The molecule has 0 atom stereocenters. The van der Waals surface area contributed by atoms with E-state index in [4.69, 9.17) is 0 Å². The molecular weight excluding hydrogens is 496 g/mol. The number of aromatic nitrogens is 3. The summed E-state index contributed by atoms with van der Waals surface area (Å²) < 4.78 is 56.1. The van der Waals surface area contributed by atoms with Gasteiger partial charge in [0.2, 0.25) is 10.6 Å². The van der Waals surface area contributed by atoms with Crippen molar-refractivity contribution in [3.8, 4) is 0 Å². The summed E-state index contributed by atoms with van der Waals surface area (Å²) in [6.07, 6.45) is -4.59. The van der Waals surface area contributed by atoms with Gasteiger partial charge in [0, 0.05) is 5.56 Å². The molecule has 0 spiro atoms. The van der Waals surface area contributed by atoms with Crippen LogP contribution in [-0.4, -0.2) is 20.3 Å². The van der Waals surface area contributed by atoms with Crippen molar-refractivity contribution < 1.29 is 22.4 Å². The van der Waals surface area contributed by atoms with Gasteiger partial charge >= 0.3 is 11.9 Å². The third-order valence-corrected chi connectivity index (χ3v) is 5.40. The topological polar surface area (TPSA) is 68.9 Å². The van der Waals surface area contributed by atoms with Crippen LogP contribution >= 0.6 is 15.9 Å². The van der Waals surface area contributed by atoms with E-state index in [1.165, 1.54) is 50.2 Å². The Labute approximate surface area is 189 Å². The highest BCUT2D eigenvalue weighted by Crippen LogP contribution is 2.36. The van der Waals surface area contributed by atoms with E-state index >= 15 is 0 Å². The molecule has 6 nitrogen and oxygen atoms in total. The smallest absolute Gasteiger partial charge is 0.346 e. The zero-order valence-electron chi connectivity index (χ0n) is 17.1. The normalized spacial score (nSPS) is 12.1. The fourth-order valence-electron chi connectivity index (χ4n) is 3.31. The predicted octanol–water partition coefficient (Wildman–Crippen LogP) is 4.07. The summed E-state index contributed by atoms with van der Waals surface area (Å²) in [6, 6.07) is 10.9. The lowest BCUT2D eigenvalue weighted by atomic mass is 9.89. The Kier molecular flexibility index (Phi) is 6.59. The van der Waals surface area contributed by atoms with Crippen LogP contribution in [0.15, 0.2) is 58.1 Å². The van der Waals surface area contributed by atoms with E-state index in [1.54, 1.807) is 6.07 Å². The lowest BCUT2D eigenvalue weighted by Crippen LogP contribution is -2.45. The highest BCUT2D eigenvalue weighted by Gasteiger charge is 2.38. The maximum atomic E-state index is 13.9. The SMILES string of the molecule is CC(C)(NC(=O)Cn1nc(Br)n(Cc2ccccc2F)c1=O)c1ccccc1C(F)(F)F. The van der Waals surface area contributed by atoms with Gasteiger partial charge in [-0.2, -0.15) is 13.2 Å². The minimum Gasteiger partial charge on any atom is -0.346 e. The van der Waals surface area contributed by atoms with E-state index < -0.39 is 41.2 Å². The molecule has 32 heavy (non-hydrogen) atoms. The van der Waals surface area contributed by atoms with Gasteiger partial charge in [-0.15, -0.1) is 5.10 Å². The van der Waals surface area contributed by atoms with Gasteiger partial charge in [0.25, 0.3) is 0 Å². The van der Waals surface area contributed by atoms with Crippen molar-refractivity contribution in [2.45, 2.75) is 38.7 Å². The third kappa shape index (κ3) is 5.09. The fraction of sp³-hybridized carbons (Fsp3) is 0.286. The summed E-state index contributed by atoms with van der Waals surface area (Å²) in [5.74, 6) is -1.21. The molecule has 1 heterocycles. The number of benzene rings is 2. The predicted molar refractivity (Wildman–Crippen MR) is 112 cm³/mol. The molecule has 0 unspecified atom stereocenters. The van der Waals surface area contributed by atoms with Gasteiger partial charge in [0.15, 0.2) is 0 Å². The molecule has 1 aromatic heterocycles. The van der Waals surface area contributed by atoms with Crippen LogP contribution in [0.1, 0.15) is 30.5 Å². The lowest BCUT2D eigenvalue weighted by Gasteiger charge is -2.29. The first-order valence-corrected chi connectivity index (χ1v) is 10.2. The summed E-state index contributed by atoms with van der Waals surface area (Å²) in [6.45, 7) is 2.23. The zero-order valence-corrected chi connectivity index (χ0v) is 18.7. The first kappa shape index (κ1) is 23.7. The number of carbonyl (C=O) groups is 1. The van der Waals surface area contributed by atoms with E-state index in [0.717, 1.165) is 15.3 Å². The molecule has 0 aliphatic heterocycles. The number of rotatable bonds is 6. The van der Waals surface area contributed by atoms with Gasteiger partial charge < -0.3 is 5.32 Å². The number of alkyl halides is 3. The molecule has 2 aromatic carbocycles. The Morgan fingerprint density at radius 2 is 1.66 bits per heavy atom. The van der Waals surface area contributed by atoms with Gasteiger partial charge in [-0.3, -0.25) is 9.36 Å². The molecule has 0 fully saturated rings. The first-order valence-electron chi connectivity index (χ1n) is 9.44. The number of amides is 1. The average molecular weight is 515 g/mol. The Morgan fingerprint density at radius 1 is 1.06 bits per heavy atom. The van der Waals surface area contributed by atoms with E-state index in [0.29, 0.717) is 0 Å². The molecule has 0 saturated carbocycles. The van der Waals surface area contributed by atoms with Crippen molar-refractivity contribution in [3.63, 3.8) is 0 Å².